The average molecular weight is 211 g/mol. The topological polar surface area (TPSA) is 40.5 Å². The third kappa shape index (κ3) is 1.78. The van der Waals surface area contributed by atoms with Crippen LogP contribution in [0.5, 0.6) is 0 Å². The summed E-state index contributed by atoms with van der Waals surface area (Å²) >= 11 is 0. The van der Waals surface area contributed by atoms with Gasteiger partial charge in [0.1, 0.15) is 6.10 Å². The Morgan fingerprint density at radius 2 is 2.27 bits per heavy atom. The monoisotopic (exact) mass is 211 g/mol. The van der Waals surface area contributed by atoms with Crippen LogP contribution in [0.25, 0.3) is 0 Å². The molecule has 3 nitrogen and oxygen atoms in total. The SMILES string of the molecule is CC1CC2CN(C(=O)C(C)O)CC2(C)C1. The van der Waals surface area contributed by atoms with Gasteiger partial charge in [-0.2, -0.15) is 0 Å². The Morgan fingerprint density at radius 3 is 2.80 bits per heavy atom. The van der Waals surface area contributed by atoms with E-state index >= 15 is 0 Å². The highest BCUT2D eigenvalue weighted by Crippen LogP contribution is 2.50. The number of nitrogens with zero attached hydrogens (tertiary/aromatic N) is 1. The molecular formula is C12H21NO2. The Kier molecular flexibility index (Phi) is 2.53. The van der Waals surface area contributed by atoms with Gasteiger partial charge in [0.25, 0.3) is 5.91 Å². The van der Waals surface area contributed by atoms with Crippen LogP contribution in [0.3, 0.4) is 0 Å². The highest BCUT2D eigenvalue weighted by molar-refractivity contribution is 5.80. The van der Waals surface area contributed by atoms with Crippen LogP contribution in [0.2, 0.25) is 0 Å². The lowest BCUT2D eigenvalue weighted by Gasteiger charge is -2.24. The minimum absolute atomic E-state index is 0.0988. The van der Waals surface area contributed by atoms with Gasteiger partial charge < -0.3 is 10.0 Å². The summed E-state index contributed by atoms with van der Waals surface area (Å²) in [7, 11) is 0. The van der Waals surface area contributed by atoms with Gasteiger partial charge in [-0.3, -0.25) is 4.79 Å². The summed E-state index contributed by atoms with van der Waals surface area (Å²) in [6.45, 7) is 7.83. The zero-order chi connectivity index (χ0) is 11.2. The van der Waals surface area contributed by atoms with E-state index in [9.17, 15) is 9.90 Å². The third-order valence-corrected chi connectivity index (χ3v) is 4.15. The molecule has 1 saturated carbocycles. The van der Waals surface area contributed by atoms with Crippen molar-refractivity contribution in [3.05, 3.63) is 0 Å². The molecule has 2 aliphatic rings. The maximum Gasteiger partial charge on any atom is 0.251 e. The van der Waals surface area contributed by atoms with Crippen LogP contribution in [0, 0.1) is 17.3 Å². The lowest BCUT2D eigenvalue weighted by molar-refractivity contribution is -0.138. The minimum Gasteiger partial charge on any atom is -0.384 e. The van der Waals surface area contributed by atoms with E-state index in [1.54, 1.807) is 6.92 Å². The lowest BCUT2D eigenvalue weighted by atomic mass is 9.83. The first-order valence-electron chi connectivity index (χ1n) is 5.89. The van der Waals surface area contributed by atoms with Gasteiger partial charge in [0.15, 0.2) is 0 Å². The van der Waals surface area contributed by atoms with Crippen LogP contribution in [0.4, 0.5) is 0 Å². The van der Waals surface area contributed by atoms with E-state index in [2.05, 4.69) is 13.8 Å². The van der Waals surface area contributed by atoms with Crippen LogP contribution < -0.4 is 0 Å². The van der Waals surface area contributed by atoms with Crippen molar-refractivity contribution in [1.82, 2.24) is 4.90 Å². The number of fused-ring (bicyclic) bond motifs is 1. The first kappa shape index (κ1) is 10.9. The van der Waals surface area contributed by atoms with Crippen LogP contribution in [-0.4, -0.2) is 35.1 Å². The van der Waals surface area contributed by atoms with Crippen molar-refractivity contribution in [3.8, 4) is 0 Å². The van der Waals surface area contributed by atoms with Crippen molar-refractivity contribution in [2.24, 2.45) is 17.3 Å². The third-order valence-electron chi connectivity index (χ3n) is 4.15. The molecule has 0 aromatic rings. The van der Waals surface area contributed by atoms with Gasteiger partial charge in [-0.25, -0.2) is 0 Å². The maximum absolute atomic E-state index is 11.7. The number of amides is 1. The summed E-state index contributed by atoms with van der Waals surface area (Å²) in [5.74, 6) is 1.34. The van der Waals surface area contributed by atoms with E-state index in [1.165, 1.54) is 12.8 Å². The summed E-state index contributed by atoms with van der Waals surface area (Å²) in [5, 5.41) is 9.29. The van der Waals surface area contributed by atoms with Crippen molar-refractivity contribution in [1.29, 1.82) is 0 Å². The van der Waals surface area contributed by atoms with E-state index in [4.69, 9.17) is 0 Å². The molecule has 0 radical (unpaired) electrons. The Morgan fingerprint density at radius 1 is 1.60 bits per heavy atom. The molecule has 1 heterocycles. The molecule has 0 aromatic carbocycles. The Bertz CT molecular complexity index is 277. The number of carbonyl (C=O) groups excluding carboxylic acids is 1. The van der Waals surface area contributed by atoms with E-state index in [0.29, 0.717) is 11.3 Å². The molecule has 1 N–H and O–H groups in total. The number of hydrogen-bond donors (Lipinski definition) is 1. The van der Waals surface area contributed by atoms with Crippen molar-refractivity contribution in [2.75, 3.05) is 13.1 Å². The van der Waals surface area contributed by atoms with Gasteiger partial charge in [-0.15, -0.1) is 0 Å². The normalized spacial score (nSPS) is 41.7. The second kappa shape index (κ2) is 3.48. The second-order valence-electron chi connectivity index (χ2n) is 5.79. The summed E-state index contributed by atoms with van der Waals surface area (Å²) in [6, 6.07) is 0. The minimum atomic E-state index is -0.843. The van der Waals surface area contributed by atoms with Crippen LogP contribution in [0.1, 0.15) is 33.6 Å². The molecule has 2 fully saturated rings. The van der Waals surface area contributed by atoms with Gasteiger partial charge in [0.05, 0.1) is 0 Å². The van der Waals surface area contributed by atoms with E-state index in [-0.39, 0.29) is 5.91 Å². The molecule has 1 aliphatic heterocycles. The number of aliphatic hydroxyl groups excluding tert-OH is 1. The number of hydrogen-bond acceptors (Lipinski definition) is 2. The van der Waals surface area contributed by atoms with Gasteiger partial charge >= 0.3 is 0 Å². The number of rotatable bonds is 1. The van der Waals surface area contributed by atoms with Gasteiger partial charge in [0.2, 0.25) is 0 Å². The number of aliphatic hydroxyl groups is 1. The molecule has 1 amide bonds. The quantitative estimate of drug-likeness (QED) is 0.709. The summed E-state index contributed by atoms with van der Waals surface area (Å²) in [5.41, 5.74) is 0.309. The average Bonchev–Trinajstić information content (AvgIpc) is 2.53. The molecule has 2 rings (SSSR count). The fraction of sp³-hybridized carbons (Fsp3) is 0.917. The molecule has 86 valence electrons. The van der Waals surface area contributed by atoms with Crippen molar-refractivity contribution < 1.29 is 9.90 Å². The fourth-order valence-corrected chi connectivity index (χ4v) is 3.50. The molecule has 0 bridgehead atoms. The Labute approximate surface area is 91.5 Å². The lowest BCUT2D eigenvalue weighted by Crippen LogP contribution is -2.37. The van der Waals surface area contributed by atoms with Crippen LogP contribution in [-0.2, 0) is 4.79 Å². The molecule has 15 heavy (non-hydrogen) atoms. The Balaban J connectivity index is 2.05. The molecular weight excluding hydrogens is 190 g/mol. The van der Waals surface area contributed by atoms with Crippen LogP contribution in [0.15, 0.2) is 0 Å². The molecule has 4 atom stereocenters. The van der Waals surface area contributed by atoms with Crippen LogP contribution >= 0.6 is 0 Å². The Hall–Kier alpha value is -0.570. The van der Waals surface area contributed by atoms with E-state index < -0.39 is 6.10 Å². The first-order valence-corrected chi connectivity index (χ1v) is 5.89. The highest BCUT2D eigenvalue weighted by atomic mass is 16.3. The predicted octanol–water partition coefficient (Wildman–Crippen LogP) is 1.26. The zero-order valence-electron chi connectivity index (χ0n) is 9.86. The summed E-state index contributed by atoms with van der Waals surface area (Å²) in [6.07, 6.45) is 1.62. The number of carbonyl (C=O) groups is 1. The van der Waals surface area contributed by atoms with E-state index in [1.807, 2.05) is 4.90 Å². The van der Waals surface area contributed by atoms with Crippen molar-refractivity contribution in [2.45, 2.75) is 39.7 Å². The zero-order valence-corrected chi connectivity index (χ0v) is 9.86. The molecule has 4 unspecified atom stereocenters. The maximum atomic E-state index is 11.7. The smallest absolute Gasteiger partial charge is 0.251 e. The summed E-state index contributed by atoms with van der Waals surface area (Å²) in [4.78, 5) is 13.5. The number of likely N-dealkylation sites (tertiary alicyclic amines) is 1. The van der Waals surface area contributed by atoms with Gasteiger partial charge in [-0.05, 0) is 37.0 Å². The molecule has 0 spiro atoms. The van der Waals surface area contributed by atoms with Gasteiger partial charge in [0, 0.05) is 13.1 Å². The van der Waals surface area contributed by atoms with Crippen molar-refractivity contribution in [3.63, 3.8) is 0 Å². The molecule has 1 aliphatic carbocycles. The second-order valence-corrected chi connectivity index (χ2v) is 5.79. The summed E-state index contributed by atoms with van der Waals surface area (Å²) < 4.78 is 0. The van der Waals surface area contributed by atoms with Gasteiger partial charge in [-0.1, -0.05) is 13.8 Å². The van der Waals surface area contributed by atoms with Crippen molar-refractivity contribution >= 4 is 5.91 Å². The standard InChI is InChI=1S/C12H21NO2/c1-8-4-10-6-13(11(15)9(2)14)7-12(10,3)5-8/h8-10,14H,4-7H2,1-3H3. The van der Waals surface area contributed by atoms with E-state index in [0.717, 1.165) is 19.0 Å². The predicted molar refractivity (Wildman–Crippen MR) is 58.3 cm³/mol. The molecule has 1 saturated heterocycles. The highest BCUT2D eigenvalue weighted by Gasteiger charge is 2.49. The molecule has 0 aromatic heterocycles. The molecule has 3 heteroatoms. The first-order chi connectivity index (χ1) is 6.92. The fourth-order valence-electron chi connectivity index (χ4n) is 3.50. The largest absolute Gasteiger partial charge is 0.384 e.